The van der Waals surface area contributed by atoms with E-state index in [1.165, 1.54) is 0 Å². The van der Waals surface area contributed by atoms with Gasteiger partial charge in [-0.2, -0.15) is 0 Å². The second-order valence-corrected chi connectivity index (χ2v) is 6.45. The number of benzene rings is 1. The summed E-state index contributed by atoms with van der Waals surface area (Å²) in [5, 5.41) is 24.1. The van der Waals surface area contributed by atoms with Crippen molar-refractivity contribution in [3.63, 3.8) is 0 Å². The van der Waals surface area contributed by atoms with Crippen molar-refractivity contribution in [2.75, 3.05) is 13.2 Å². The molecule has 6 heteroatoms. The number of aliphatic hydroxyl groups excluding tert-OH is 2. The fourth-order valence-corrected chi connectivity index (χ4v) is 3.41. The Balaban J connectivity index is 1.66. The Bertz CT molecular complexity index is 641. The van der Waals surface area contributed by atoms with E-state index in [9.17, 15) is 9.90 Å². The normalized spacial score (nSPS) is 24.3. The summed E-state index contributed by atoms with van der Waals surface area (Å²) in [5.74, 6) is -0.231. The van der Waals surface area contributed by atoms with E-state index < -0.39 is 18.2 Å². The highest BCUT2D eigenvalue weighted by Crippen LogP contribution is 2.24. The lowest BCUT2D eigenvalue weighted by Gasteiger charge is -2.34. The molecule has 2 aromatic rings. The number of aliphatic hydroxyl groups is 2. The maximum atomic E-state index is 12.3. The summed E-state index contributed by atoms with van der Waals surface area (Å²) in [6, 6.07) is 11.0. The highest BCUT2D eigenvalue weighted by atomic mass is 32.1. The van der Waals surface area contributed by atoms with E-state index in [0.717, 1.165) is 10.4 Å². The Morgan fingerprint density at radius 3 is 2.74 bits per heavy atom. The molecule has 1 aliphatic heterocycles. The smallest absolute Gasteiger partial charge is 0.251 e. The van der Waals surface area contributed by atoms with Crippen molar-refractivity contribution in [1.82, 2.24) is 5.32 Å². The number of carbonyl (C=O) groups excluding carboxylic acids is 1. The van der Waals surface area contributed by atoms with Crippen LogP contribution in [0.4, 0.5) is 0 Å². The molecule has 0 unspecified atom stereocenters. The first-order valence-corrected chi connectivity index (χ1v) is 8.42. The number of ether oxygens (including phenoxy) is 1. The molecule has 1 fully saturated rings. The monoisotopic (exact) mass is 333 g/mol. The Kier molecular flexibility index (Phi) is 5.07. The minimum absolute atomic E-state index is 0.231. The Hall–Kier alpha value is -1.73. The predicted molar refractivity (Wildman–Crippen MR) is 88.5 cm³/mol. The van der Waals surface area contributed by atoms with Crippen LogP contribution in [0.1, 0.15) is 16.8 Å². The van der Waals surface area contributed by atoms with Gasteiger partial charge in [-0.05, 0) is 35.6 Å². The molecule has 0 aliphatic carbocycles. The molecule has 1 aromatic heterocycles. The molecule has 1 aliphatic rings. The fraction of sp³-hybridized carbons (Fsp3) is 0.353. The van der Waals surface area contributed by atoms with Crippen LogP contribution in [0.2, 0.25) is 0 Å². The van der Waals surface area contributed by atoms with Crippen LogP contribution in [0.5, 0.6) is 0 Å². The van der Waals surface area contributed by atoms with Crippen molar-refractivity contribution < 1.29 is 19.7 Å². The lowest BCUT2D eigenvalue weighted by molar-refractivity contribution is -0.107. The van der Waals surface area contributed by atoms with Crippen LogP contribution in [0, 0.1) is 0 Å². The molecular weight excluding hydrogens is 314 g/mol. The van der Waals surface area contributed by atoms with Crippen molar-refractivity contribution in [3.8, 4) is 10.4 Å². The first kappa shape index (κ1) is 16.1. The molecule has 1 saturated heterocycles. The van der Waals surface area contributed by atoms with Gasteiger partial charge in [-0.1, -0.05) is 18.2 Å². The summed E-state index contributed by atoms with van der Waals surface area (Å²) in [7, 11) is 0. The van der Waals surface area contributed by atoms with Crippen LogP contribution in [0.3, 0.4) is 0 Å². The van der Waals surface area contributed by atoms with E-state index in [1.54, 1.807) is 23.5 Å². The van der Waals surface area contributed by atoms with E-state index in [-0.39, 0.29) is 12.5 Å². The molecule has 0 bridgehead atoms. The van der Waals surface area contributed by atoms with Crippen LogP contribution in [-0.4, -0.2) is 47.6 Å². The average molecular weight is 333 g/mol. The highest BCUT2D eigenvalue weighted by molar-refractivity contribution is 7.13. The number of carbonyl (C=O) groups is 1. The van der Waals surface area contributed by atoms with Crippen LogP contribution < -0.4 is 5.32 Å². The molecule has 23 heavy (non-hydrogen) atoms. The Morgan fingerprint density at radius 2 is 2.09 bits per heavy atom. The lowest BCUT2D eigenvalue weighted by Crippen LogP contribution is -2.54. The van der Waals surface area contributed by atoms with Gasteiger partial charge >= 0.3 is 0 Å². The largest absolute Gasteiger partial charge is 0.394 e. The van der Waals surface area contributed by atoms with Gasteiger partial charge in [-0.15, -0.1) is 11.3 Å². The van der Waals surface area contributed by atoms with E-state index in [1.807, 2.05) is 29.6 Å². The Morgan fingerprint density at radius 1 is 1.30 bits per heavy atom. The van der Waals surface area contributed by atoms with Gasteiger partial charge < -0.3 is 20.3 Å². The quantitative estimate of drug-likeness (QED) is 0.795. The number of hydrogen-bond donors (Lipinski definition) is 3. The van der Waals surface area contributed by atoms with E-state index in [2.05, 4.69) is 5.32 Å². The number of nitrogens with one attached hydrogen (secondary N) is 1. The standard InChI is InChI=1S/C17H19NO4S/c19-10-14-16(20)13(7-8-22-14)18-17(21)12-5-3-11(4-6-12)15-2-1-9-23-15/h1-6,9,13-14,16,19-20H,7-8,10H2,(H,18,21)/t13-,14+,16-/m0/s1. The molecule has 0 radical (unpaired) electrons. The van der Waals surface area contributed by atoms with E-state index in [0.29, 0.717) is 18.6 Å². The SMILES string of the molecule is O=C(N[C@H]1CCO[C@H](CO)[C@H]1O)c1ccc(-c2cccs2)cc1. The molecular formula is C17H19NO4S. The number of amides is 1. The highest BCUT2D eigenvalue weighted by Gasteiger charge is 2.33. The summed E-state index contributed by atoms with van der Waals surface area (Å²) in [6.45, 7) is 0.146. The second-order valence-electron chi connectivity index (χ2n) is 5.51. The molecule has 0 saturated carbocycles. The van der Waals surface area contributed by atoms with E-state index >= 15 is 0 Å². The molecule has 2 heterocycles. The molecule has 122 valence electrons. The van der Waals surface area contributed by atoms with Crippen molar-refractivity contribution in [2.24, 2.45) is 0 Å². The van der Waals surface area contributed by atoms with Gasteiger partial charge in [-0.25, -0.2) is 0 Å². The van der Waals surface area contributed by atoms with Gasteiger partial charge in [-0.3, -0.25) is 4.79 Å². The van der Waals surface area contributed by atoms with Crippen molar-refractivity contribution in [2.45, 2.75) is 24.7 Å². The first-order valence-electron chi connectivity index (χ1n) is 7.54. The third kappa shape index (κ3) is 3.61. The molecule has 3 rings (SSSR count). The average Bonchev–Trinajstić information content (AvgIpc) is 3.11. The predicted octanol–water partition coefficient (Wildman–Crippen LogP) is 1.66. The summed E-state index contributed by atoms with van der Waals surface area (Å²) in [6.07, 6.45) is -1.02. The van der Waals surface area contributed by atoms with E-state index in [4.69, 9.17) is 9.84 Å². The van der Waals surface area contributed by atoms with Gasteiger partial charge in [0, 0.05) is 17.0 Å². The zero-order chi connectivity index (χ0) is 16.2. The van der Waals surface area contributed by atoms with Gasteiger partial charge in [0.15, 0.2) is 0 Å². The third-order valence-corrected chi connectivity index (χ3v) is 4.92. The summed E-state index contributed by atoms with van der Waals surface area (Å²) < 4.78 is 5.26. The fourth-order valence-electron chi connectivity index (χ4n) is 2.67. The molecule has 0 spiro atoms. The minimum Gasteiger partial charge on any atom is -0.394 e. The van der Waals surface area contributed by atoms with Gasteiger partial charge in [0.05, 0.1) is 12.6 Å². The number of thiophene rings is 1. The molecule has 1 amide bonds. The third-order valence-electron chi connectivity index (χ3n) is 4.00. The lowest BCUT2D eigenvalue weighted by atomic mass is 9.99. The van der Waals surface area contributed by atoms with Crippen LogP contribution >= 0.6 is 11.3 Å². The summed E-state index contributed by atoms with van der Waals surface area (Å²) >= 11 is 1.65. The Labute approximate surface area is 138 Å². The van der Waals surface area contributed by atoms with Gasteiger partial charge in [0.25, 0.3) is 5.91 Å². The first-order chi connectivity index (χ1) is 11.2. The van der Waals surface area contributed by atoms with Gasteiger partial charge in [0.1, 0.15) is 12.2 Å². The van der Waals surface area contributed by atoms with Crippen molar-refractivity contribution in [3.05, 3.63) is 47.3 Å². The van der Waals surface area contributed by atoms with Crippen LogP contribution in [0.25, 0.3) is 10.4 Å². The topological polar surface area (TPSA) is 78.8 Å². The maximum absolute atomic E-state index is 12.3. The zero-order valence-corrected chi connectivity index (χ0v) is 13.3. The van der Waals surface area contributed by atoms with Crippen molar-refractivity contribution >= 4 is 17.2 Å². The molecule has 5 nitrogen and oxygen atoms in total. The van der Waals surface area contributed by atoms with Crippen LogP contribution in [0.15, 0.2) is 41.8 Å². The summed E-state index contributed by atoms with van der Waals surface area (Å²) in [4.78, 5) is 13.5. The molecule has 3 N–H and O–H groups in total. The maximum Gasteiger partial charge on any atom is 0.251 e. The number of rotatable bonds is 4. The zero-order valence-electron chi connectivity index (χ0n) is 12.5. The summed E-state index contributed by atoms with van der Waals surface area (Å²) in [5.41, 5.74) is 1.62. The van der Waals surface area contributed by atoms with Crippen molar-refractivity contribution in [1.29, 1.82) is 0 Å². The molecule has 1 aromatic carbocycles. The van der Waals surface area contributed by atoms with Crippen LogP contribution in [-0.2, 0) is 4.74 Å². The molecule has 3 atom stereocenters. The van der Waals surface area contributed by atoms with Gasteiger partial charge in [0.2, 0.25) is 0 Å². The minimum atomic E-state index is -0.900. The number of hydrogen-bond acceptors (Lipinski definition) is 5. The second kappa shape index (κ2) is 7.23.